The van der Waals surface area contributed by atoms with Gasteiger partial charge in [-0.2, -0.15) is 5.10 Å². The van der Waals surface area contributed by atoms with Gasteiger partial charge in [0, 0.05) is 25.5 Å². The molecule has 0 amide bonds. The number of carbonyl (C=O) groups is 1. The van der Waals surface area contributed by atoms with Crippen molar-refractivity contribution in [3.8, 4) is 0 Å². The molecule has 1 aliphatic heterocycles. The van der Waals surface area contributed by atoms with Crippen molar-refractivity contribution in [2.45, 2.75) is 39.2 Å². The molecule has 5 nitrogen and oxygen atoms in total. The Bertz CT molecular complexity index is 401. The third-order valence-electron chi connectivity index (χ3n) is 4.04. The predicted octanol–water partition coefficient (Wildman–Crippen LogP) is 1.85. The van der Waals surface area contributed by atoms with E-state index in [4.69, 9.17) is 0 Å². The van der Waals surface area contributed by atoms with E-state index in [2.05, 4.69) is 16.9 Å². The highest BCUT2D eigenvalue weighted by atomic mass is 16.4. The molecular weight excluding hydrogens is 242 g/mol. The Labute approximate surface area is 114 Å². The van der Waals surface area contributed by atoms with Gasteiger partial charge in [-0.25, -0.2) is 0 Å². The maximum Gasteiger partial charge on any atom is 0.310 e. The fourth-order valence-electron chi connectivity index (χ4n) is 3.06. The molecule has 1 fully saturated rings. The van der Waals surface area contributed by atoms with Crippen molar-refractivity contribution in [2.24, 2.45) is 5.41 Å². The SMILES string of the molecule is CCCC1(C(=O)O)CCCN(CCn2cccn2)C1. The molecule has 1 N–H and O–H groups in total. The third-order valence-corrected chi connectivity index (χ3v) is 4.04. The summed E-state index contributed by atoms with van der Waals surface area (Å²) in [6, 6.07) is 1.91. The number of carboxylic acids is 1. The van der Waals surface area contributed by atoms with Gasteiger partial charge in [0.05, 0.1) is 12.0 Å². The van der Waals surface area contributed by atoms with Crippen molar-refractivity contribution < 1.29 is 9.90 Å². The summed E-state index contributed by atoms with van der Waals surface area (Å²) in [6.45, 7) is 5.44. The highest BCUT2D eigenvalue weighted by molar-refractivity contribution is 5.75. The second-order valence-corrected chi connectivity index (χ2v) is 5.48. The van der Waals surface area contributed by atoms with E-state index in [1.165, 1.54) is 0 Å². The van der Waals surface area contributed by atoms with Gasteiger partial charge in [0.15, 0.2) is 0 Å². The third kappa shape index (κ3) is 3.35. The first-order valence-corrected chi connectivity index (χ1v) is 7.09. The first-order chi connectivity index (χ1) is 9.16. The van der Waals surface area contributed by atoms with E-state index in [-0.39, 0.29) is 0 Å². The molecule has 1 aromatic rings. The van der Waals surface area contributed by atoms with Crippen LogP contribution in [0.25, 0.3) is 0 Å². The lowest BCUT2D eigenvalue weighted by atomic mass is 9.76. The van der Waals surface area contributed by atoms with Crippen LogP contribution in [-0.2, 0) is 11.3 Å². The number of likely N-dealkylation sites (tertiary alicyclic amines) is 1. The lowest BCUT2D eigenvalue weighted by molar-refractivity contribution is -0.153. The van der Waals surface area contributed by atoms with Gasteiger partial charge in [0.1, 0.15) is 0 Å². The lowest BCUT2D eigenvalue weighted by Crippen LogP contribution is -2.48. The van der Waals surface area contributed by atoms with Crippen LogP contribution in [0.1, 0.15) is 32.6 Å². The normalized spacial score (nSPS) is 24.5. The van der Waals surface area contributed by atoms with Crippen LogP contribution in [0.2, 0.25) is 0 Å². The van der Waals surface area contributed by atoms with Gasteiger partial charge in [-0.05, 0) is 31.9 Å². The molecule has 1 aliphatic rings. The molecule has 0 bridgehead atoms. The highest BCUT2D eigenvalue weighted by Gasteiger charge is 2.41. The zero-order valence-electron chi connectivity index (χ0n) is 11.6. The van der Waals surface area contributed by atoms with Gasteiger partial charge in [-0.15, -0.1) is 0 Å². The van der Waals surface area contributed by atoms with Gasteiger partial charge in [0.25, 0.3) is 0 Å². The Balaban J connectivity index is 1.93. The van der Waals surface area contributed by atoms with Crippen LogP contribution in [-0.4, -0.2) is 45.4 Å². The molecule has 1 saturated heterocycles. The fraction of sp³-hybridized carbons (Fsp3) is 0.714. The van der Waals surface area contributed by atoms with Gasteiger partial charge in [0.2, 0.25) is 0 Å². The first kappa shape index (κ1) is 14.1. The Morgan fingerprint density at radius 3 is 2.95 bits per heavy atom. The molecule has 0 radical (unpaired) electrons. The molecule has 5 heteroatoms. The minimum absolute atomic E-state index is 0.531. The van der Waals surface area contributed by atoms with Crippen LogP contribution < -0.4 is 0 Å². The fourth-order valence-corrected chi connectivity index (χ4v) is 3.06. The summed E-state index contributed by atoms with van der Waals surface area (Å²) < 4.78 is 1.90. The van der Waals surface area contributed by atoms with Gasteiger partial charge in [-0.3, -0.25) is 9.48 Å². The number of hydrogen-bond acceptors (Lipinski definition) is 3. The molecular formula is C14H23N3O2. The number of rotatable bonds is 6. The first-order valence-electron chi connectivity index (χ1n) is 7.09. The van der Waals surface area contributed by atoms with Crippen molar-refractivity contribution in [1.82, 2.24) is 14.7 Å². The van der Waals surface area contributed by atoms with E-state index in [9.17, 15) is 9.90 Å². The van der Waals surface area contributed by atoms with Gasteiger partial charge >= 0.3 is 5.97 Å². The van der Waals surface area contributed by atoms with E-state index >= 15 is 0 Å². The van der Waals surface area contributed by atoms with E-state index < -0.39 is 11.4 Å². The van der Waals surface area contributed by atoms with Crippen molar-refractivity contribution in [2.75, 3.05) is 19.6 Å². The van der Waals surface area contributed by atoms with Gasteiger partial charge in [-0.1, -0.05) is 13.3 Å². The smallest absolute Gasteiger partial charge is 0.310 e. The molecule has 1 atom stereocenters. The molecule has 1 unspecified atom stereocenters. The number of aliphatic carboxylic acids is 1. The predicted molar refractivity (Wildman–Crippen MR) is 72.9 cm³/mol. The average Bonchev–Trinajstić information content (AvgIpc) is 2.90. The molecule has 19 heavy (non-hydrogen) atoms. The van der Waals surface area contributed by atoms with Gasteiger partial charge < -0.3 is 10.0 Å². The highest BCUT2D eigenvalue weighted by Crippen LogP contribution is 2.34. The zero-order valence-corrected chi connectivity index (χ0v) is 11.6. The summed E-state index contributed by atoms with van der Waals surface area (Å²) in [5.41, 5.74) is -0.531. The molecule has 2 heterocycles. The molecule has 106 valence electrons. The quantitative estimate of drug-likeness (QED) is 0.853. The second-order valence-electron chi connectivity index (χ2n) is 5.48. The zero-order chi connectivity index (χ0) is 13.7. The van der Waals surface area contributed by atoms with Crippen molar-refractivity contribution >= 4 is 5.97 Å². The molecule has 1 aromatic heterocycles. The Hall–Kier alpha value is -1.36. The van der Waals surface area contributed by atoms with E-state index in [1.54, 1.807) is 6.20 Å². The van der Waals surface area contributed by atoms with Crippen LogP contribution >= 0.6 is 0 Å². The Morgan fingerprint density at radius 1 is 1.47 bits per heavy atom. The Morgan fingerprint density at radius 2 is 2.32 bits per heavy atom. The van der Waals surface area contributed by atoms with E-state index in [0.717, 1.165) is 45.3 Å². The van der Waals surface area contributed by atoms with Crippen LogP contribution in [0.5, 0.6) is 0 Å². The second kappa shape index (κ2) is 6.19. The van der Waals surface area contributed by atoms with E-state index in [1.807, 2.05) is 16.9 Å². The summed E-state index contributed by atoms with van der Waals surface area (Å²) in [4.78, 5) is 13.9. The number of aromatic nitrogens is 2. The van der Waals surface area contributed by atoms with Crippen molar-refractivity contribution in [3.63, 3.8) is 0 Å². The number of hydrogen-bond donors (Lipinski definition) is 1. The van der Waals surface area contributed by atoms with Crippen LogP contribution in [0.3, 0.4) is 0 Å². The van der Waals surface area contributed by atoms with Crippen molar-refractivity contribution in [1.29, 1.82) is 0 Å². The number of carboxylic acid groups (broad SMARTS) is 1. The summed E-state index contributed by atoms with van der Waals surface area (Å²) in [5.74, 6) is -0.627. The van der Waals surface area contributed by atoms with Crippen molar-refractivity contribution in [3.05, 3.63) is 18.5 Å². The summed E-state index contributed by atoms with van der Waals surface area (Å²) in [6.07, 6.45) is 7.22. The Kier molecular flexibility index (Phi) is 4.58. The summed E-state index contributed by atoms with van der Waals surface area (Å²) >= 11 is 0. The minimum atomic E-state index is -0.627. The lowest BCUT2D eigenvalue weighted by Gasteiger charge is -2.39. The number of piperidine rings is 1. The number of nitrogens with zero attached hydrogens (tertiary/aromatic N) is 3. The van der Waals surface area contributed by atoms with Crippen LogP contribution in [0.15, 0.2) is 18.5 Å². The monoisotopic (exact) mass is 265 g/mol. The summed E-state index contributed by atoms with van der Waals surface area (Å²) in [5, 5.41) is 13.7. The topological polar surface area (TPSA) is 58.4 Å². The van der Waals surface area contributed by atoms with E-state index in [0.29, 0.717) is 6.54 Å². The average molecular weight is 265 g/mol. The molecule has 2 rings (SSSR count). The molecule has 0 saturated carbocycles. The van der Waals surface area contributed by atoms with Crippen LogP contribution in [0, 0.1) is 5.41 Å². The molecule has 0 spiro atoms. The largest absolute Gasteiger partial charge is 0.481 e. The molecule has 0 aromatic carbocycles. The minimum Gasteiger partial charge on any atom is -0.481 e. The maximum absolute atomic E-state index is 11.6. The van der Waals surface area contributed by atoms with Crippen LogP contribution in [0.4, 0.5) is 0 Å². The summed E-state index contributed by atoms with van der Waals surface area (Å²) in [7, 11) is 0. The maximum atomic E-state index is 11.6. The standard InChI is InChI=1S/C14H23N3O2/c1-2-5-14(13(18)19)6-3-8-16(12-14)10-11-17-9-4-7-15-17/h4,7,9H,2-3,5-6,8,10-12H2,1H3,(H,18,19). The molecule has 0 aliphatic carbocycles.